The van der Waals surface area contributed by atoms with Gasteiger partial charge in [-0.25, -0.2) is 4.79 Å². The van der Waals surface area contributed by atoms with Gasteiger partial charge in [-0.2, -0.15) is 0 Å². The predicted octanol–water partition coefficient (Wildman–Crippen LogP) is 1.64. The summed E-state index contributed by atoms with van der Waals surface area (Å²) in [6.07, 6.45) is 0.621. The summed E-state index contributed by atoms with van der Waals surface area (Å²) >= 11 is 1.58. The molecule has 0 aromatic carbocycles. The molecule has 0 radical (unpaired) electrons. The minimum Gasteiger partial charge on any atom is -0.277 e. The molecular formula is C13H16N2O3S. The maximum Gasteiger partial charge on any atom is 0.330 e. The Morgan fingerprint density at radius 2 is 2.11 bits per heavy atom. The second-order valence-corrected chi connectivity index (χ2v) is 5.87. The van der Waals surface area contributed by atoms with Crippen LogP contribution in [-0.2, 0) is 16.0 Å². The molecule has 1 fully saturated rings. The van der Waals surface area contributed by atoms with Crippen molar-refractivity contribution in [2.75, 3.05) is 6.54 Å². The summed E-state index contributed by atoms with van der Waals surface area (Å²) in [5.74, 6) is -1.76. The van der Waals surface area contributed by atoms with Crippen molar-refractivity contribution >= 4 is 29.2 Å². The van der Waals surface area contributed by atoms with E-state index in [1.54, 1.807) is 25.2 Å². The third-order valence-corrected chi connectivity index (χ3v) is 4.05. The lowest BCUT2D eigenvalue weighted by Gasteiger charge is -2.31. The fourth-order valence-electron chi connectivity index (χ4n) is 2.11. The molecule has 0 aliphatic carbocycles. The molecule has 1 saturated heterocycles. The monoisotopic (exact) mass is 280 g/mol. The van der Waals surface area contributed by atoms with Crippen LogP contribution in [0.3, 0.4) is 0 Å². The van der Waals surface area contributed by atoms with E-state index < -0.39 is 17.9 Å². The molecule has 6 heteroatoms. The van der Waals surface area contributed by atoms with Crippen molar-refractivity contribution in [3.8, 4) is 0 Å². The summed E-state index contributed by atoms with van der Waals surface area (Å²) in [6.45, 7) is 3.91. The zero-order chi connectivity index (χ0) is 14.0. The molecule has 1 aliphatic rings. The van der Waals surface area contributed by atoms with Gasteiger partial charge >= 0.3 is 6.03 Å². The highest BCUT2D eigenvalue weighted by Gasteiger charge is 2.41. The van der Waals surface area contributed by atoms with E-state index in [1.165, 1.54) is 0 Å². The third-order valence-electron chi connectivity index (χ3n) is 3.12. The maximum absolute atomic E-state index is 12.2. The molecule has 1 N–H and O–H groups in total. The van der Waals surface area contributed by atoms with Gasteiger partial charge in [0.15, 0.2) is 0 Å². The van der Waals surface area contributed by atoms with Crippen LogP contribution in [0.2, 0.25) is 0 Å². The number of rotatable bonds is 4. The molecule has 1 unspecified atom stereocenters. The van der Waals surface area contributed by atoms with Crippen LogP contribution in [0.15, 0.2) is 17.5 Å². The average Bonchev–Trinajstić information content (AvgIpc) is 2.80. The van der Waals surface area contributed by atoms with Crippen LogP contribution < -0.4 is 5.32 Å². The van der Waals surface area contributed by atoms with E-state index in [0.717, 1.165) is 9.78 Å². The Bertz CT molecular complexity index is 496. The predicted molar refractivity (Wildman–Crippen MR) is 71.6 cm³/mol. The summed E-state index contributed by atoms with van der Waals surface area (Å²) in [4.78, 5) is 37.8. The van der Waals surface area contributed by atoms with E-state index >= 15 is 0 Å². The SMILES string of the molecule is CC(C)C1C(=O)NC(=O)N(CCc2cccs2)C1=O. The van der Waals surface area contributed by atoms with Crippen LogP contribution >= 0.6 is 11.3 Å². The smallest absolute Gasteiger partial charge is 0.277 e. The van der Waals surface area contributed by atoms with Gasteiger partial charge in [0.25, 0.3) is 0 Å². The van der Waals surface area contributed by atoms with E-state index in [0.29, 0.717) is 13.0 Å². The molecule has 0 spiro atoms. The number of thiophene rings is 1. The number of hydrogen-bond acceptors (Lipinski definition) is 4. The van der Waals surface area contributed by atoms with Gasteiger partial charge < -0.3 is 0 Å². The first-order chi connectivity index (χ1) is 9.00. The van der Waals surface area contributed by atoms with Crippen LogP contribution in [-0.4, -0.2) is 29.3 Å². The molecule has 102 valence electrons. The van der Waals surface area contributed by atoms with E-state index in [4.69, 9.17) is 0 Å². The normalized spacial score (nSPS) is 20.1. The van der Waals surface area contributed by atoms with Gasteiger partial charge in [0, 0.05) is 11.4 Å². The Labute approximate surface area is 115 Å². The van der Waals surface area contributed by atoms with Crippen LogP contribution in [0.5, 0.6) is 0 Å². The Morgan fingerprint density at radius 3 is 2.68 bits per heavy atom. The fourth-order valence-corrected chi connectivity index (χ4v) is 2.81. The van der Waals surface area contributed by atoms with Gasteiger partial charge in [-0.05, 0) is 23.8 Å². The lowest BCUT2D eigenvalue weighted by Crippen LogP contribution is -2.59. The van der Waals surface area contributed by atoms with E-state index in [9.17, 15) is 14.4 Å². The molecule has 2 rings (SSSR count). The lowest BCUT2D eigenvalue weighted by molar-refractivity contribution is -0.144. The van der Waals surface area contributed by atoms with E-state index in [-0.39, 0.29) is 11.8 Å². The Hall–Kier alpha value is -1.69. The van der Waals surface area contributed by atoms with Crippen LogP contribution in [0.1, 0.15) is 18.7 Å². The summed E-state index contributed by atoms with van der Waals surface area (Å²) in [6, 6.07) is 3.28. The number of hydrogen-bond donors (Lipinski definition) is 1. The van der Waals surface area contributed by atoms with Crippen molar-refractivity contribution in [1.82, 2.24) is 10.2 Å². The molecule has 1 aromatic heterocycles. The van der Waals surface area contributed by atoms with Crippen molar-refractivity contribution in [2.24, 2.45) is 11.8 Å². The molecule has 4 amide bonds. The molecule has 1 aromatic rings. The molecule has 1 atom stereocenters. The summed E-state index contributed by atoms with van der Waals surface area (Å²) < 4.78 is 0. The number of imide groups is 2. The molecular weight excluding hydrogens is 264 g/mol. The molecule has 5 nitrogen and oxygen atoms in total. The van der Waals surface area contributed by atoms with Crippen LogP contribution in [0, 0.1) is 11.8 Å². The van der Waals surface area contributed by atoms with Crippen molar-refractivity contribution in [3.05, 3.63) is 22.4 Å². The second kappa shape index (κ2) is 5.52. The Morgan fingerprint density at radius 1 is 1.37 bits per heavy atom. The molecule has 2 heterocycles. The number of amides is 4. The van der Waals surface area contributed by atoms with Gasteiger partial charge in [0.1, 0.15) is 5.92 Å². The van der Waals surface area contributed by atoms with Crippen LogP contribution in [0.25, 0.3) is 0 Å². The largest absolute Gasteiger partial charge is 0.330 e. The van der Waals surface area contributed by atoms with Gasteiger partial charge in [-0.1, -0.05) is 19.9 Å². The van der Waals surface area contributed by atoms with Crippen molar-refractivity contribution in [3.63, 3.8) is 0 Å². The van der Waals surface area contributed by atoms with Crippen molar-refractivity contribution in [1.29, 1.82) is 0 Å². The minimum atomic E-state index is -0.763. The molecule has 0 saturated carbocycles. The highest BCUT2D eigenvalue weighted by molar-refractivity contribution is 7.09. The Kier molecular flexibility index (Phi) is 3.99. The summed E-state index contributed by atoms with van der Waals surface area (Å²) in [5, 5.41) is 4.20. The molecule has 0 bridgehead atoms. The quantitative estimate of drug-likeness (QED) is 0.853. The maximum atomic E-state index is 12.2. The first kappa shape index (κ1) is 13.7. The Balaban J connectivity index is 2.08. The molecule has 19 heavy (non-hydrogen) atoms. The number of nitrogens with zero attached hydrogens (tertiary/aromatic N) is 1. The highest BCUT2D eigenvalue weighted by Crippen LogP contribution is 2.19. The third kappa shape index (κ3) is 2.84. The van der Waals surface area contributed by atoms with Crippen LogP contribution in [0.4, 0.5) is 4.79 Å². The number of carbonyl (C=O) groups is 3. The summed E-state index contributed by atoms with van der Waals surface area (Å²) in [5.41, 5.74) is 0. The topological polar surface area (TPSA) is 66.5 Å². The average molecular weight is 280 g/mol. The van der Waals surface area contributed by atoms with Crippen molar-refractivity contribution < 1.29 is 14.4 Å². The standard InChI is InChI=1S/C13H16N2O3S/c1-8(2)10-11(16)14-13(18)15(12(10)17)6-5-9-4-3-7-19-9/h3-4,7-8,10H,5-6H2,1-2H3,(H,14,16,18). The number of urea groups is 1. The first-order valence-electron chi connectivity index (χ1n) is 6.19. The lowest BCUT2D eigenvalue weighted by atomic mass is 9.92. The summed E-state index contributed by atoms with van der Waals surface area (Å²) in [7, 11) is 0. The van der Waals surface area contributed by atoms with Gasteiger partial charge in [-0.3, -0.25) is 19.8 Å². The van der Waals surface area contributed by atoms with Gasteiger partial charge in [-0.15, -0.1) is 11.3 Å². The zero-order valence-corrected chi connectivity index (χ0v) is 11.7. The number of nitrogens with one attached hydrogen (secondary N) is 1. The van der Waals surface area contributed by atoms with E-state index in [1.807, 2.05) is 17.5 Å². The molecule has 1 aliphatic heterocycles. The van der Waals surface area contributed by atoms with E-state index in [2.05, 4.69) is 5.32 Å². The van der Waals surface area contributed by atoms with Gasteiger partial charge in [0.05, 0.1) is 0 Å². The number of barbiturate groups is 1. The fraction of sp³-hybridized carbons (Fsp3) is 0.462. The van der Waals surface area contributed by atoms with Gasteiger partial charge in [0.2, 0.25) is 11.8 Å². The highest BCUT2D eigenvalue weighted by atomic mass is 32.1. The van der Waals surface area contributed by atoms with Crippen molar-refractivity contribution in [2.45, 2.75) is 20.3 Å². The minimum absolute atomic E-state index is 0.121. The second-order valence-electron chi connectivity index (χ2n) is 4.84. The zero-order valence-electron chi connectivity index (χ0n) is 10.9. The number of carbonyl (C=O) groups excluding carboxylic acids is 3. The first-order valence-corrected chi connectivity index (χ1v) is 7.07.